The maximum atomic E-state index is 12.8. The van der Waals surface area contributed by atoms with Gasteiger partial charge in [-0.15, -0.1) is 24.8 Å². The number of halogens is 5. The number of carbonyl (C=O) groups is 1. The molecule has 2 aromatic rings. The number of nitrogens with one attached hydrogen (secondary N) is 1. The van der Waals surface area contributed by atoms with Gasteiger partial charge in [0.05, 0.1) is 5.56 Å². The molecule has 0 unspecified atom stereocenters. The second kappa shape index (κ2) is 13.1. The van der Waals surface area contributed by atoms with Gasteiger partial charge < -0.3 is 10.2 Å². The predicted molar refractivity (Wildman–Crippen MR) is 132 cm³/mol. The van der Waals surface area contributed by atoms with Gasteiger partial charge in [0, 0.05) is 50.0 Å². The summed E-state index contributed by atoms with van der Waals surface area (Å²) in [6, 6.07) is 13.0. The van der Waals surface area contributed by atoms with Gasteiger partial charge in [0.15, 0.2) is 0 Å². The molecule has 0 saturated carbocycles. The fraction of sp³-hybridized carbons (Fsp3) is 0.458. The molecule has 0 aromatic heterocycles. The van der Waals surface area contributed by atoms with E-state index in [0.717, 1.165) is 56.7 Å². The van der Waals surface area contributed by atoms with E-state index in [0.29, 0.717) is 23.8 Å². The summed E-state index contributed by atoms with van der Waals surface area (Å²) in [7, 11) is 0. The van der Waals surface area contributed by atoms with Crippen LogP contribution < -0.4 is 5.32 Å². The smallest absolute Gasteiger partial charge is 0.381 e. The van der Waals surface area contributed by atoms with Crippen LogP contribution in [0.3, 0.4) is 0 Å². The molecule has 1 N–H and O–H groups in total. The van der Waals surface area contributed by atoms with Gasteiger partial charge in [-0.3, -0.25) is 9.69 Å². The van der Waals surface area contributed by atoms with Crippen LogP contribution in [0.2, 0.25) is 0 Å². The number of carbonyl (C=O) groups excluding carboxylic acids is 1. The zero-order chi connectivity index (χ0) is 22.4. The average molecular weight is 506 g/mol. The highest BCUT2D eigenvalue weighted by Gasteiger charge is 2.30. The third-order valence-corrected chi connectivity index (χ3v) is 5.97. The first kappa shape index (κ1) is 29.1. The normalized spacial score (nSPS) is 14.4. The maximum Gasteiger partial charge on any atom is 0.416 e. The Morgan fingerprint density at radius 1 is 0.909 bits per heavy atom. The van der Waals surface area contributed by atoms with Crippen LogP contribution in [0.1, 0.15) is 48.2 Å². The van der Waals surface area contributed by atoms with Gasteiger partial charge >= 0.3 is 6.18 Å². The molecular weight excluding hydrogens is 474 g/mol. The van der Waals surface area contributed by atoms with Crippen molar-refractivity contribution in [2.75, 3.05) is 31.5 Å². The summed E-state index contributed by atoms with van der Waals surface area (Å²) in [5.41, 5.74) is 1.56. The van der Waals surface area contributed by atoms with E-state index in [1.807, 2.05) is 29.2 Å². The van der Waals surface area contributed by atoms with Crippen molar-refractivity contribution in [3.8, 4) is 0 Å². The third kappa shape index (κ3) is 7.80. The molecule has 1 saturated heterocycles. The Kier molecular flexibility index (Phi) is 11.5. The van der Waals surface area contributed by atoms with E-state index in [1.54, 1.807) is 0 Å². The standard InChI is InChI=1S/C24H30F3N3O.2ClH/c1-3-22(4-2)29-13-15-30(16-14-29)23(31)19-7-5-18(6-8-19)17-28-21-11-9-20(10-12-21)24(25,26)27;;/h5-12,22,28H,3-4,13-17H2,1-2H3;2*1H. The molecule has 0 bridgehead atoms. The lowest BCUT2D eigenvalue weighted by Crippen LogP contribution is -2.51. The van der Waals surface area contributed by atoms with E-state index in [-0.39, 0.29) is 30.7 Å². The summed E-state index contributed by atoms with van der Waals surface area (Å²) in [5, 5.41) is 3.11. The number of hydrogen-bond acceptors (Lipinski definition) is 3. The van der Waals surface area contributed by atoms with Crippen molar-refractivity contribution in [3.05, 3.63) is 65.2 Å². The van der Waals surface area contributed by atoms with Gasteiger partial charge in [0.25, 0.3) is 5.91 Å². The lowest BCUT2D eigenvalue weighted by molar-refractivity contribution is -0.137. The Morgan fingerprint density at radius 2 is 1.45 bits per heavy atom. The fourth-order valence-corrected chi connectivity index (χ4v) is 4.02. The first-order valence-corrected chi connectivity index (χ1v) is 10.8. The van der Waals surface area contributed by atoms with E-state index in [2.05, 4.69) is 24.1 Å². The highest BCUT2D eigenvalue weighted by molar-refractivity contribution is 5.94. The molecular formula is C24H32Cl2F3N3O. The van der Waals surface area contributed by atoms with Crippen LogP contribution in [0, 0.1) is 0 Å². The molecule has 0 spiro atoms. The molecule has 184 valence electrons. The molecule has 1 aliphatic rings. The molecule has 0 radical (unpaired) electrons. The van der Waals surface area contributed by atoms with Crippen LogP contribution in [-0.2, 0) is 12.7 Å². The molecule has 1 aliphatic heterocycles. The average Bonchev–Trinajstić information content (AvgIpc) is 2.78. The van der Waals surface area contributed by atoms with Crippen molar-refractivity contribution in [3.63, 3.8) is 0 Å². The highest BCUT2D eigenvalue weighted by Crippen LogP contribution is 2.29. The van der Waals surface area contributed by atoms with Crippen LogP contribution in [0.25, 0.3) is 0 Å². The van der Waals surface area contributed by atoms with Gasteiger partial charge in [-0.1, -0.05) is 26.0 Å². The number of nitrogens with zero attached hydrogens (tertiary/aromatic N) is 2. The molecule has 9 heteroatoms. The Balaban J connectivity index is 0.00000272. The summed E-state index contributed by atoms with van der Waals surface area (Å²) >= 11 is 0. The number of alkyl halides is 3. The second-order valence-electron chi connectivity index (χ2n) is 7.92. The summed E-state index contributed by atoms with van der Waals surface area (Å²) in [6.07, 6.45) is -2.07. The number of hydrogen-bond donors (Lipinski definition) is 1. The zero-order valence-corrected chi connectivity index (χ0v) is 20.5. The van der Waals surface area contributed by atoms with Crippen molar-refractivity contribution in [2.45, 2.75) is 45.5 Å². The first-order valence-electron chi connectivity index (χ1n) is 10.8. The summed E-state index contributed by atoms with van der Waals surface area (Å²) in [6.45, 7) is 8.19. The Hall–Kier alpha value is -1.96. The maximum absolute atomic E-state index is 12.8. The van der Waals surface area contributed by atoms with Gasteiger partial charge in [-0.05, 0) is 54.8 Å². The SMILES string of the molecule is CCC(CC)N1CCN(C(=O)c2ccc(CNc3ccc(C(F)(F)F)cc3)cc2)CC1.Cl.Cl. The molecule has 4 nitrogen and oxygen atoms in total. The number of benzene rings is 2. The fourth-order valence-electron chi connectivity index (χ4n) is 4.02. The zero-order valence-electron chi connectivity index (χ0n) is 18.9. The van der Waals surface area contributed by atoms with Crippen LogP contribution >= 0.6 is 24.8 Å². The van der Waals surface area contributed by atoms with E-state index in [4.69, 9.17) is 0 Å². The van der Waals surface area contributed by atoms with Crippen molar-refractivity contribution in [2.24, 2.45) is 0 Å². The number of amides is 1. The Labute approximate surface area is 206 Å². The van der Waals surface area contributed by atoms with Crippen LogP contribution in [0.4, 0.5) is 18.9 Å². The van der Waals surface area contributed by atoms with Gasteiger partial charge in [0.1, 0.15) is 0 Å². The third-order valence-electron chi connectivity index (χ3n) is 5.97. The minimum atomic E-state index is -4.33. The van der Waals surface area contributed by atoms with E-state index in [9.17, 15) is 18.0 Å². The van der Waals surface area contributed by atoms with Crippen molar-refractivity contribution >= 4 is 36.4 Å². The first-order chi connectivity index (χ1) is 14.8. The van der Waals surface area contributed by atoms with Gasteiger partial charge in [0.2, 0.25) is 0 Å². The van der Waals surface area contributed by atoms with Crippen LogP contribution in [0.5, 0.6) is 0 Å². The second-order valence-corrected chi connectivity index (χ2v) is 7.92. The topological polar surface area (TPSA) is 35.6 Å². The molecule has 33 heavy (non-hydrogen) atoms. The highest BCUT2D eigenvalue weighted by atomic mass is 35.5. The van der Waals surface area contributed by atoms with E-state index >= 15 is 0 Å². The van der Waals surface area contributed by atoms with E-state index in [1.165, 1.54) is 12.1 Å². The minimum Gasteiger partial charge on any atom is -0.381 e. The quantitative estimate of drug-likeness (QED) is 0.493. The number of rotatable bonds is 7. The minimum absolute atomic E-state index is 0. The van der Waals surface area contributed by atoms with Crippen LogP contribution in [0.15, 0.2) is 48.5 Å². The van der Waals surface area contributed by atoms with Crippen molar-refractivity contribution < 1.29 is 18.0 Å². The van der Waals surface area contributed by atoms with Crippen molar-refractivity contribution in [1.29, 1.82) is 0 Å². The summed E-state index contributed by atoms with van der Waals surface area (Å²) in [5.74, 6) is 0.0476. The van der Waals surface area contributed by atoms with Gasteiger partial charge in [-0.25, -0.2) is 0 Å². The lowest BCUT2D eigenvalue weighted by Gasteiger charge is -2.38. The molecule has 3 rings (SSSR count). The predicted octanol–water partition coefficient (Wildman–Crippen LogP) is 6.11. The largest absolute Gasteiger partial charge is 0.416 e. The molecule has 1 fully saturated rings. The van der Waals surface area contributed by atoms with E-state index < -0.39 is 11.7 Å². The number of anilines is 1. The molecule has 0 aliphatic carbocycles. The number of piperazine rings is 1. The Morgan fingerprint density at radius 3 is 1.94 bits per heavy atom. The monoisotopic (exact) mass is 505 g/mol. The molecule has 1 amide bonds. The lowest BCUT2D eigenvalue weighted by atomic mass is 10.1. The summed E-state index contributed by atoms with van der Waals surface area (Å²) < 4.78 is 37.9. The van der Waals surface area contributed by atoms with Crippen molar-refractivity contribution in [1.82, 2.24) is 9.80 Å². The van der Waals surface area contributed by atoms with Crippen LogP contribution in [-0.4, -0.2) is 47.9 Å². The molecule has 0 atom stereocenters. The summed E-state index contributed by atoms with van der Waals surface area (Å²) in [4.78, 5) is 17.2. The van der Waals surface area contributed by atoms with Gasteiger partial charge in [-0.2, -0.15) is 13.2 Å². The molecule has 1 heterocycles. The Bertz CT molecular complexity index is 849. The molecule has 2 aromatic carbocycles.